The second-order valence-electron chi connectivity index (χ2n) is 5.31. The molecular weight excluding hydrogens is 390 g/mol. The number of halogens is 1. The minimum atomic E-state index is -0.0663. The monoisotopic (exact) mass is 401 g/mol. The number of aromatic nitrogens is 5. The summed E-state index contributed by atoms with van der Waals surface area (Å²) in [5.41, 5.74) is 3.13. The fraction of sp³-hybridized carbons (Fsp3) is 0.188. The zero-order valence-electron chi connectivity index (χ0n) is 12.5. The van der Waals surface area contributed by atoms with Crippen LogP contribution < -0.4 is 5.56 Å². The molecule has 3 aromatic rings. The van der Waals surface area contributed by atoms with Gasteiger partial charge in [0.15, 0.2) is 5.82 Å². The molecule has 0 fully saturated rings. The first-order chi connectivity index (χ1) is 11.7. The van der Waals surface area contributed by atoms with Crippen molar-refractivity contribution in [3.63, 3.8) is 0 Å². The highest BCUT2D eigenvalue weighted by atomic mass is 79.9. The Labute approximate surface area is 150 Å². The molecule has 0 bridgehead atoms. The second kappa shape index (κ2) is 6.45. The number of aromatic amines is 1. The van der Waals surface area contributed by atoms with Crippen molar-refractivity contribution < 1.29 is 0 Å². The Bertz CT molecular complexity index is 940. The van der Waals surface area contributed by atoms with Gasteiger partial charge >= 0.3 is 0 Å². The number of pyridine rings is 1. The lowest BCUT2D eigenvalue weighted by molar-refractivity contribution is 0.936. The van der Waals surface area contributed by atoms with E-state index in [1.807, 2.05) is 12.1 Å². The van der Waals surface area contributed by atoms with E-state index in [9.17, 15) is 4.79 Å². The van der Waals surface area contributed by atoms with Crippen LogP contribution in [0, 0.1) is 0 Å². The van der Waals surface area contributed by atoms with Crippen molar-refractivity contribution in [1.29, 1.82) is 0 Å². The number of fused-ring (bicyclic) bond motifs is 1. The van der Waals surface area contributed by atoms with E-state index < -0.39 is 0 Å². The molecule has 6 nitrogen and oxygen atoms in total. The van der Waals surface area contributed by atoms with Gasteiger partial charge in [-0.25, -0.2) is 19.9 Å². The molecule has 1 aliphatic rings. The molecule has 0 atom stereocenters. The predicted octanol–water partition coefficient (Wildman–Crippen LogP) is 2.84. The third-order valence-electron chi connectivity index (χ3n) is 3.74. The Morgan fingerprint density at radius 3 is 2.62 bits per heavy atom. The summed E-state index contributed by atoms with van der Waals surface area (Å²) in [6.45, 7) is 0. The van der Waals surface area contributed by atoms with E-state index in [4.69, 9.17) is 0 Å². The van der Waals surface area contributed by atoms with E-state index in [0.717, 1.165) is 39.4 Å². The van der Waals surface area contributed by atoms with Crippen LogP contribution in [0.2, 0.25) is 0 Å². The van der Waals surface area contributed by atoms with Gasteiger partial charge in [0.1, 0.15) is 10.4 Å². The lowest BCUT2D eigenvalue weighted by Crippen LogP contribution is -2.21. The largest absolute Gasteiger partial charge is 0.306 e. The van der Waals surface area contributed by atoms with Crippen LogP contribution in [0.3, 0.4) is 0 Å². The molecule has 8 heteroatoms. The maximum absolute atomic E-state index is 12.2. The molecule has 0 aromatic carbocycles. The van der Waals surface area contributed by atoms with E-state index in [-0.39, 0.29) is 5.56 Å². The molecule has 0 radical (unpaired) electrons. The van der Waals surface area contributed by atoms with Crippen molar-refractivity contribution in [2.45, 2.75) is 12.2 Å². The topological polar surface area (TPSA) is 84.4 Å². The third kappa shape index (κ3) is 2.99. The van der Waals surface area contributed by atoms with Gasteiger partial charge in [0, 0.05) is 35.5 Å². The van der Waals surface area contributed by atoms with Crippen molar-refractivity contribution in [3.05, 3.63) is 56.9 Å². The van der Waals surface area contributed by atoms with Crippen LogP contribution in [0.15, 0.2) is 40.1 Å². The van der Waals surface area contributed by atoms with Crippen LogP contribution in [0.4, 0.5) is 0 Å². The molecule has 0 amide bonds. The third-order valence-corrected chi connectivity index (χ3v) is 5.20. The van der Waals surface area contributed by atoms with Gasteiger partial charge in [-0.15, -0.1) is 0 Å². The maximum Gasteiger partial charge on any atom is 0.255 e. The number of hydrogen-bond acceptors (Lipinski definition) is 6. The van der Waals surface area contributed by atoms with Crippen LogP contribution >= 0.6 is 27.7 Å². The van der Waals surface area contributed by atoms with Gasteiger partial charge in [0.2, 0.25) is 0 Å². The van der Waals surface area contributed by atoms with Crippen LogP contribution in [0.1, 0.15) is 11.3 Å². The standard InChI is InChI=1S/C16H12BrN5OS/c17-13-2-1-9(5-18-13)14-19-6-10(7-20-14)15-21-12-3-4-24-8-11(12)16(23)22-15/h1-2,5-7H,3-4,8H2,(H,21,22,23). The summed E-state index contributed by atoms with van der Waals surface area (Å²) in [5, 5.41) is 0. The Morgan fingerprint density at radius 1 is 1.08 bits per heavy atom. The van der Waals surface area contributed by atoms with Crippen molar-refractivity contribution in [1.82, 2.24) is 24.9 Å². The quantitative estimate of drug-likeness (QED) is 0.664. The summed E-state index contributed by atoms with van der Waals surface area (Å²) < 4.78 is 0.761. The number of nitrogens with zero attached hydrogens (tertiary/aromatic N) is 4. The van der Waals surface area contributed by atoms with Gasteiger partial charge < -0.3 is 4.98 Å². The van der Waals surface area contributed by atoms with E-state index in [1.165, 1.54) is 0 Å². The predicted molar refractivity (Wildman–Crippen MR) is 96.7 cm³/mol. The minimum absolute atomic E-state index is 0.0663. The Kier molecular flexibility index (Phi) is 4.15. The molecule has 4 heterocycles. The van der Waals surface area contributed by atoms with Crippen LogP contribution in [-0.4, -0.2) is 30.7 Å². The minimum Gasteiger partial charge on any atom is -0.306 e. The fourth-order valence-corrected chi connectivity index (χ4v) is 3.71. The number of H-pyrrole nitrogens is 1. The normalized spacial score (nSPS) is 13.5. The molecule has 1 N–H and O–H groups in total. The van der Waals surface area contributed by atoms with Crippen LogP contribution in [0.5, 0.6) is 0 Å². The highest BCUT2D eigenvalue weighted by Gasteiger charge is 2.16. The lowest BCUT2D eigenvalue weighted by Gasteiger charge is -2.14. The number of nitrogens with one attached hydrogen (secondary N) is 1. The van der Waals surface area contributed by atoms with Crippen molar-refractivity contribution in [2.75, 3.05) is 5.75 Å². The number of hydrogen-bond donors (Lipinski definition) is 1. The zero-order valence-corrected chi connectivity index (χ0v) is 14.9. The molecule has 0 spiro atoms. The summed E-state index contributed by atoms with van der Waals surface area (Å²) >= 11 is 5.06. The average molecular weight is 402 g/mol. The molecular formula is C16H12BrN5OS. The summed E-state index contributed by atoms with van der Waals surface area (Å²) in [5.74, 6) is 2.82. The smallest absolute Gasteiger partial charge is 0.255 e. The molecule has 0 unspecified atom stereocenters. The fourth-order valence-electron chi connectivity index (χ4n) is 2.49. The van der Waals surface area contributed by atoms with E-state index in [1.54, 1.807) is 30.4 Å². The Hall–Kier alpha value is -2.06. The van der Waals surface area contributed by atoms with Crippen molar-refractivity contribution in [2.24, 2.45) is 0 Å². The SMILES string of the molecule is O=c1[nH]c(-c2cnc(-c3ccc(Br)nc3)nc2)nc2c1CSCC2. The van der Waals surface area contributed by atoms with E-state index >= 15 is 0 Å². The first kappa shape index (κ1) is 15.5. The van der Waals surface area contributed by atoms with E-state index in [0.29, 0.717) is 17.2 Å². The van der Waals surface area contributed by atoms with Gasteiger partial charge in [-0.3, -0.25) is 4.79 Å². The van der Waals surface area contributed by atoms with Crippen molar-refractivity contribution in [3.8, 4) is 22.8 Å². The first-order valence-corrected chi connectivity index (χ1v) is 9.29. The average Bonchev–Trinajstić information content (AvgIpc) is 2.62. The van der Waals surface area contributed by atoms with Gasteiger partial charge in [-0.2, -0.15) is 11.8 Å². The molecule has 3 aromatic heterocycles. The van der Waals surface area contributed by atoms with Gasteiger partial charge in [0.05, 0.1) is 11.3 Å². The molecule has 4 rings (SSSR count). The van der Waals surface area contributed by atoms with Gasteiger partial charge in [-0.05, 0) is 40.2 Å². The molecule has 0 aliphatic carbocycles. The van der Waals surface area contributed by atoms with Crippen LogP contribution in [0.25, 0.3) is 22.8 Å². The van der Waals surface area contributed by atoms with Gasteiger partial charge in [0.25, 0.3) is 5.56 Å². The maximum atomic E-state index is 12.2. The first-order valence-electron chi connectivity index (χ1n) is 7.35. The molecule has 24 heavy (non-hydrogen) atoms. The molecule has 0 saturated carbocycles. The number of rotatable bonds is 2. The Balaban J connectivity index is 1.69. The van der Waals surface area contributed by atoms with Gasteiger partial charge in [-0.1, -0.05) is 0 Å². The van der Waals surface area contributed by atoms with E-state index in [2.05, 4.69) is 40.8 Å². The summed E-state index contributed by atoms with van der Waals surface area (Å²) in [7, 11) is 0. The molecule has 0 saturated heterocycles. The summed E-state index contributed by atoms with van der Waals surface area (Å²) in [6, 6.07) is 3.73. The highest BCUT2D eigenvalue weighted by Crippen LogP contribution is 2.23. The summed E-state index contributed by atoms with van der Waals surface area (Å²) in [6.07, 6.45) is 5.87. The number of aryl methyl sites for hydroxylation is 1. The van der Waals surface area contributed by atoms with Crippen LogP contribution in [-0.2, 0) is 12.2 Å². The Morgan fingerprint density at radius 2 is 1.88 bits per heavy atom. The second-order valence-corrected chi connectivity index (χ2v) is 7.22. The van der Waals surface area contributed by atoms with Crippen molar-refractivity contribution >= 4 is 27.7 Å². The zero-order chi connectivity index (χ0) is 16.5. The molecule has 1 aliphatic heterocycles. The lowest BCUT2D eigenvalue weighted by atomic mass is 10.2. The summed E-state index contributed by atoms with van der Waals surface area (Å²) in [4.78, 5) is 32.5. The molecule has 120 valence electrons. The number of thioether (sulfide) groups is 1. The highest BCUT2D eigenvalue weighted by molar-refractivity contribution is 9.10.